The van der Waals surface area contributed by atoms with Crippen molar-refractivity contribution in [1.29, 1.82) is 0 Å². The molecule has 0 unspecified atom stereocenters. The van der Waals surface area contributed by atoms with E-state index in [9.17, 15) is 24.7 Å². The first-order valence-corrected chi connectivity index (χ1v) is 15.6. The molecular formula is C36H31ClN2O8. The van der Waals surface area contributed by atoms with Gasteiger partial charge in [-0.25, -0.2) is 4.90 Å². The number of imide groups is 2. The summed E-state index contributed by atoms with van der Waals surface area (Å²) in [6, 6.07) is 18.9. The zero-order valence-corrected chi connectivity index (χ0v) is 26.3. The van der Waals surface area contributed by atoms with Crippen LogP contribution in [0.3, 0.4) is 0 Å². The molecule has 3 fully saturated rings. The van der Waals surface area contributed by atoms with Gasteiger partial charge in [0, 0.05) is 10.9 Å². The smallest absolute Gasteiger partial charge is 0.257 e. The molecule has 3 aromatic carbocycles. The SMILES string of the molecule is COc1cc(C=C[C@H]2C3=CC[C@@H]4C(=O)N(O)C(=O)[C@@H]4[C@@H]3C[C@H]3C(=O)N(c4cccc(Cl)c4)C(=O)[C@@]23c2ccccc2)cc(OC)c1O. The average molecular weight is 655 g/mol. The van der Waals surface area contributed by atoms with E-state index in [1.165, 1.54) is 19.1 Å². The molecule has 3 aromatic rings. The summed E-state index contributed by atoms with van der Waals surface area (Å²) in [5.41, 5.74) is 0.858. The number of carbonyl (C=O) groups is 4. The minimum Gasteiger partial charge on any atom is -0.502 e. The molecule has 2 aliphatic heterocycles. The Morgan fingerprint density at radius 3 is 2.26 bits per heavy atom. The van der Waals surface area contributed by atoms with Crippen LogP contribution in [0.1, 0.15) is 24.0 Å². The number of hydroxylamine groups is 2. The normalized spacial score (nSPS) is 28.3. The standard InChI is InChI=1S/C36H31ClN2O8/c1-46-28-15-19(16-29(47-2)31(28)40)11-14-26-23-12-13-24-30(34(43)39(45)32(24)41)25(23)18-27-33(42)38(22-10-6-9-21(37)17-22)35(44)36(26,27)20-7-4-3-5-8-20/h3-12,14-17,24-27,30,40,45H,13,18H2,1-2H3/t24-,25+,26-,27-,30-,36-/m0/s1. The van der Waals surface area contributed by atoms with Crippen molar-refractivity contribution in [3.05, 3.63) is 101 Å². The Hall–Kier alpha value is -4.93. The van der Waals surface area contributed by atoms with Crippen LogP contribution in [0.4, 0.5) is 5.69 Å². The number of methoxy groups -OCH3 is 2. The van der Waals surface area contributed by atoms with Gasteiger partial charge in [-0.1, -0.05) is 71.8 Å². The van der Waals surface area contributed by atoms with Crippen LogP contribution in [0.5, 0.6) is 17.2 Å². The van der Waals surface area contributed by atoms with E-state index >= 15 is 4.79 Å². The van der Waals surface area contributed by atoms with Crippen LogP contribution in [0.2, 0.25) is 5.02 Å². The van der Waals surface area contributed by atoms with Gasteiger partial charge in [0.15, 0.2) is 11.5 Å². The molecule has 7 rings (SSSR count). The Morgan fingerprint density at radius 1 is 0.894 bits per heavy atom. The minimum absolute atomic E-state index is 0.113. The number of phenolic OH excluding ortho intramolecular Hbond substituents is 1. The Morgan fingerprint density at radius 2 is 1.60 bits per heavy atom. The molecule has 0 spiro atoms. The molecule has 2 aliphatic carbocycles. The van der Waals surface area contributed by atoms with Crippen molar-refractivity contribution in [2.75, 3.05) is 19.1 Å². The summed E-state index contributed by atoms with van der Waals surface area (Å²) in [5.74, 6) is -5.98. The number of halogens is 1. The first-order chi connectivity index (χ1) is 22.6. The third-order valence-electron chi connectivity index (χ3n) is 10.2. The van der Waals surface area contributed by atoms with Crippen LogP contribution in [0.15, 0.2) is 84.5 Å². The monoisotopic (exact) mass is 654 g/mol. The van der Waals surface area contributed by atoms with E-state index in [1.807, 2.05) is 42.5 Å². The first-order valence-electron chi connectivity index (χ1n) is 15.2. The van der Waals surface area contributed by atoms with Gasteiger partial charge in [-0.3, -0.25) is 24.4 Å². The third-order valence-corrected chi connectivity index (χ3v) is 10.4. The van der Waals surface area contributed by atoms with Gasteiger partial charge in [0.25, 0.3) is 11.8 Å². The second-order valence-corrected chi connectivity index (χ2v) is 12.7. The van der Waals surface area contributed by atoms with Gasteiger partial charge in [-0.2, -0.15) is 5.06 Å². The maximum Gasteiger partial charge on any atom is 0.257 e. The fourth-order valence-electron chi connectivity index (χ4n) is 8.19. The topological polar surface area (TPSA) is 134 Å². The highest BCUT2D eigenvalue weighted by Crippen LogP contribution is 2.62. The number of amides is 4. The van der Waals surface area contributed by atoms with E-state index in [-0.39, 0.29) is 35.2 Å². The van der Waals surface area contributed by atoms with Gasteiger partial charge in [-0.05, 0) is 60.2 Å². The van der Waals surface area contributed by atoms with Crippen molar-refractivity contribution in [2.24, 2.45) is 29.6 Å². The zero-order chi connectivity index (χ0) is 33.2. The Kier molecular flexibility index (Phi) is 7.45. The summed E-state index contributed by atoms with van der Waals surface area (Å²) in [6.07, 6.45) is 5.81. The van der Waals surface area contributed by atoms with Crippen LogP contribution in [0.25, 0.3) is 6.08 Å². The number of anilines is 1. The average Bonchev–Trinajstić information content (AvgIpc) is 3.45. The molecule has 2 heterocycles. The number of aromatic hydroxyl groups is 1. The van der Waals surface area contributed by atoms with Crippen molar-refractivity contribution in [1.82, 2.24) is 5.06 Å². The predicted molar refractivity (Wildman–Crippen MR) is 171 cm³/mol. The maximum absolute atomic E-state index is 15.1. The van der Waals surface area contributed by atoms with E-state index in [0.29, 0.717) is 21.8 Å². The lowest BCUT2D eigenvalue weighted by atomic mass is 9.50. The van der Waals surface area contributed by atoms with Crippen molar-refractivity contribution in [3.63, 3.8) is 0 Å². The predicted octanol–water partition coefficient (Wildman–Crippen LogP) is 5.16. The number of benzene rings is 3. The molecule has 4 aliphatic rings. The molecule has 6 atom stereocenters. The van der Waals surface area contributed by atoms with E-state index in [2.05, 4.69) is 0 Å². The highest BCUT2D eigenvalue weighted by Gasteiger charge is 2.69. The maximum atomic E-state index is 15.1. The van der Waals surface area contributed by atoms with E-state index in [4.69, 9.17) is 21.1 Å². The van der Waals surface area contributed by atoms with Crippen molar-refractivity contribution in [2.45, 2.75) is 18.3 Å². The molecule has 4 amide bonds. The van der Waals surface area contributed by atoms with Crippen molar-refractivity contribution < 1.29 is 39.0 Å². The number of allylic oxidation sites excluding steroid dienone is 3. The number of hydrogen-bond acceptors (Lipinski definition) is 8. The van der Waals surface area contributed by atoms with Gasteiger partial charge in [0.05, 0.1) is 43.1 Å². The molecule has 0 aromatic heterocycles. The van der Waals surface area contributed by atoms with Gasteiger partial charge in [0.1, 0.15) is 0 Å². The summed E-state index contributed by atoms with van der Waals surface area (Å²) < 4.78 is 10.7. The van der Waals surface area contributed by atoms with Gasteiger partial charge < -0.3 is 14.6 Å². The molecule has 11 heteroatoms. The lowest BCUT2D eigenvalue weighted by Gasteiger charge is -2.49. The van der Waals surface area contributed by atoms with Crippen LogP contribution in [-0.4, -0.2) is 53.2 Å². The second-order valence-electron chi connectivity index (χ2n) is 12.3. The van der Waals surface area contributed by atoms with Crippen LogP contribution >= 0.6 is 11.6 Å². The molecule has 240 valence electrons. The van der Waals surface area contributed by atoms with Crippen molar-refractivity contribution in [3.8, 4) is 17.2 Å². The summed E-state index contributed by atoms with van der Waals surface area (Å²) >= 11 is 6.33. The quantitative estimate of drug-likeness (QED) is 0.212. The zero-order valence-electron chi connectivity index (χ0n) is 25.5. The number of carbonyl (C=O) groups excluding carboxylic acids is 4. The third kappa shape index (κ3) is 4.42. The Balaban J connectivity index is 1.47. The lowest BCUT2D eigenvalue weighted by molar-refractivity contribution is -0.173. The molecule has 10 nitrogen and oxygen atoms in total. The van der Waals surface area contributed by atoms with Gasteiger partial charge in [0.2, 0.25) is 17.6 Å². The Bertz CT molecular complexity index is 1870. The number of fused-ring (bicyclic) bond motifs is 4. The molecule has 2 N–H and O–H groups in total. The van der Waals surface area contributed by atoms with E-state index in [1.54, 1.807) is 42.5 Å². The summed E-state index contributed by atoms with van der Waals surface area (Å²) in [5, 5.41) is 21.4. The molecule has 2 saturated heterocycles. The highest BCUT2D eigenvalue weighted by molar-refractivity contribution is 6.32. The van der Waals surface area contributed by atoms with Crippen LogP contribution < -0.4 is 14.4 Å². The number of ether oxygens (including phenoxy) is 2. The number of hydrogen-bond donors (Lipinski definition) is 2. The van der Waals surface area contributed by atoms with Gasteiger partial charge >= 0.3 is 0 Å². The second kappa shape index (κ2) is 11.4. The lowest BCUT2D eigenvalue weighted by Crippen LogP contribution is -2.54. The molecule has 0 radical (unpaired) electrons. The molecule has 47 heavy (non-hydrogen) atoms. The fraction of sp³-hybridized carbons (Fsp3) is 0.278. The largest absolute Gasteiger partial charge is 0.502 e. The fourth-order valence-corrected chi connectivity index (χ4v) is 8.38. The molecular weight excluding hydrogens is 624 g/mol. The van der Waals surface area contributed by atoms with Crippen molar-refractivity contribution >= 4 is 47.0 Å². The molecule has 1 saturated carbocycles. The number of rotatable bonds is 6. The van der Waals surface area contributed by atoms with E-state index < -0.39 is 58.6 Å². The highest BCUT2D eigenvalue weighted by atomic mass is 35.5. The van der Waals surface area contributed by atoms with Gasteiger partial charge in [-0.15, -0.1) is 0 Å². The number of nitrogens with zero attached hydrogens (tertiary/aromatic N) is 2. The van der Waals surface area contributed by atoms with Crippen LogP contribution in [0, 0.1) is 29.6 Å². The summed E-state index contributed by atoms with van der Waals surface area (Å²) in [4.78, 5) is 57.1. The minimum atomic E-state index is -1.43. The summed E-state index contributed by atoms with van der Waals surface area (Å²) in [7, 11) is 2.84. The summed E-state index contributed by atoms with van der Waals surface area (Å²) in [6.45, 7) is 0. The molecule has 0 bridgehead atoms. The first kappa shape index (κ1) is 30.7. The van der Waals surface area contributed by atoms with Crippen LogP contribution in [-0.2, 0) is 24.6 Å². The number of phenols is 1. The Labute approximate surface area is 275 Å². The van der Waals surface area contributed by atoms with E-state index in [0.717, 1.165) is 5.57 Å².